The van der Waals surface area contributed by atoms with Crippen LogP contribution in [0, 0.1) is 0 Å². The van der Waals surface area contributed by atoms with Crippen molar-refractivity contribution in [2.45, 2.75) is 50.7 Å². The molecule has 0 aromatic heterocycles. The normalized spacial score (nSPS) is 12.7. The van der Waals surface area contributed by atoms with Gasteiger partial charge in [0.05, 0.1) is 24.8 Å². The number of amides is 2. The number of methoxy groups -OCH3 is 2. The Hall–Kier alpha value is -3.18. The Morgan fingerprint density at radius 2 is 1.51 bits per heavy atom. The van der Waals surface area contributed by atoms with Gasteiger partial charge in [-0.25, -0.2) is 8.42 Å². The lowest BCUT2D eigenvalue weighted by molar-refractivity contribution is -0.139. The molecule has 2 atom stereocenters. The zero-order valence-corrected chi connectivity index (χ0v) is 27.5. The van der Waals surface area contributed by atoms with Crippen LogP contribution in [0.3, 0.4) is 0 Å². The first-order valence-electron chi connectivity index (χ1n) is 13.4. The van der Waals surface area contributed by atoms with Gasteiger partial charge in [0, 0.05) is 33.7 Å². The van der Waals surface area contributed by atoms with Gasteiger partial charge in [-0.05, 0) is 74.4 Å². The van der Waals surface area contributed by atoms with E-state index in [1.54, 1.807) is 19.1 Å². The zero-order valence-electron chi connectivity index (χ0n) is 24.4. The highest BCUT2D eigenvalue weighted by atomic mass is 35.5. The lowest BCUT2D eigenvalue weighted by Gasteiger charge is -2.32. The number of halogens is 3. The summed E-state index contributed by atoms with van der Waals surface area (Å²) in [7, 11) is -1.52. The SMILES string of the molecule is CC[C@H](C)NC(=O)[C@H](C)N(Cc1ccc(Cl)cc1Cl)C(=O)CN(c1ccc(Cl)cc1)S(=O)(=O)c1ccc(OC)c(OC)c1. The number of sulfonamides is 1. The molecule has 3 aromatic carbocycles. The zero-order chi connectivity index (χ0) is 31.9. The van der Waals surface area contributed by atoms with Gasteiger partial charge in [-0.1, -0.05) is 47.8 Å². The minimum Gasteiger partial charge on any atom is -0.493 e. The Morgan fingerprint density at radius 1 is 0.884 bits per heavy atom. The summed E-state index contributed by atoms with van der Waals surface area (Å²) in [6, 6.07) is 13.9. The third kappa shape index (κ3) is 8.47. The van der Waals surface area contributed by atoms with Gasteiger partial charge >= 0.3 is 0 Å². The maximum Gasteiger partial charge on any atom is 0.264 e. The van der Waals surface area contributed by atoms with Gasteiger partial charge in [0.25, 0.3) is 10.0 Å². The predicted octanol–water partition coefficient (Wildman–Crippen LogP) is 6.19. The van der Waals surface area contributed by atoms with Crippen LogP contribution in [-0.4, -0.2) is 58.0 Å². The minimum absolute atomic E-state index is 0.0746. The fraction of sp³-hybridized carbons (Fsp3) is 0.333. The standard InChI is InChI=1S/C30H34Cl3N3O6S/c1-6-19(2)34-30(38)20(3)35(17-21-7-8-23(32)15-26(21)33)29(37)18-36(24-11-9-22(31)10-12-24)43(39,40)25-13-14-27(41-4)28(16-25)42-5/h7-16,19-20H,6,17-18H2,1-5H3,(H,34,38)/t19-,20-/m0/s1. The number of nitrogens with one attached hydrogen (secondary N) is 1. The van der Waals surface area contributed by atoms with Crippen molar-refractivity contribution in [2.75, 3.05) is 25.1 Å². The summed E-state index contributed by atoms with van der Waals surface area (Å²) in [6.45, 7) is 4.65. The largest absolute Gasteiger partial charge is 0.493 e. The molecule has 0 fully saturated rings. The number of carbonyl (C=O) groups is 2. The fourth-order valence-corrected chi connectivity index (χ4v) is 6.15. The summed E-state index contributed by atoms with van der Waals surface area (Å²) in [5.74, 6) is -0.506. The van der Waals surface area contributed by atoms with E-state index in [-0.39, 0.29) is 28.9 Å². The topological polar surface area (TPSA) is 105 Å². The Kier molecular flexibility index (Phi) is 12.0. The smallest absolute Gasteiger partial charge is 0.264 e. The van der Waals surface area contributed by atoms with Crippen molar-refractivity contribution in [2.24, 2.45) is 0 Å². The Balaban J connectivity index is 2.08. The molecule has 0 heterocycles. The molecule has 0 saturated heterocycles. The Morgan fingerprint density at radius 3 is 2.09 bits per heavy atom. The lowest BCUT2D eigenvalue weighted by atomic mass is 10.1. The van der Waals surface area contributed by atoms with Crippen LogP contribution in [0.5, 0.6) is 11.5 Å². The van der Waals surface area contributed by atoms with E-state index >= 15 is 0 Å². The van der Waals surface area contributed by atoms with Crippen LogP contribution in [0.15, 0.2) is 65.6 Å². The number of benzene rings is 3. The van der Waals surface area contributed by atoms with Gasteiger partial charge in [0.15, 0.2) is 11.5 Å². The Bertz CT molecular complexity index is 1550. The highest BCUT2D eigenvalue weighted by molar-refractivity contribution is 7.92. The maximum absolute atomic E-state index is 14.1. The molecule has 1 N–H and O–H groups in total. The van der Waals surface area contributed by atoms with Gasteiger partial charge in [-0.3, -0.25) is 13.9 Å². The van der Waals surface area contributed by atoms with E-state index in [1.807, 2.05) is 13.8 Å². The molecule has 9 nitrogen and oxygen atoms in total. The van der Waals surface area contributed by atoms with Crippen molar-refractivity contribution in [1.82, 2.24) is 10.2 Å². The van der Waals surface area contributed by atoms with E-state index in [9.17, 15) is 18.0 Å². The molecule has 13 heteroatoms. The summed E-state index contributed by atoms with van der Waals surface area (Å²) in [5.41, 5.74) is 0.720. The molecule has 0 aliphatic rings. The third-order valence-corrected chi connectivity index (χ3v) is 9.47. The molecule has 0 saturated carbocycles. The molecule has 0 radical (unpaired) electrons. The number of rotatable bonds is 13. The Labute approximate surface area is 267 Å². The number of carbonyl (C=O) groups excluding carboxylic acids is 2. The summed E-state index contributed by atoms with van der Waals surface area (Å²) in [4.78, 5) is 28.4. The second kappa shape index (κ2) is 15.0. The van der Waals surface area contributed by atoms with Crippen LogP contribution in [-0.2, 0) is 26.2 Å². The van der Waals surface area contributed by atoms with Gasteiger partial charge in [0.1, 0.15) is 12.6 Å². The molecular formula is C30H34Cl3N3O6S. The van der Waals surface area contributed by atoms with E-state index in [4.69, 9.17) is 44.3 Å². The van der Waals surface area contributed by atoms with Crippen molar-refractivity contribution < 1.29 is 27.5 Å². The molecule has 232 valence electrons. The summed E-state index contributed by atoms with van der Waals surface area (Å²) < 4.78 is 39.7. The lowest BCUT2D eigenvalue weighted by Crippen LogP contribution is -2.52. The van der Waals surface area contributed by atoms with Crippen LogP contribution in [0.4, 0.5) is 5.69 Å². The highest BCUT2D eigenvalue weighted by Crippen LogP contribution is 2.33. The van der Waals surface area contributed by atoms with Crippen LogP contribution in [0.25, 0.3) is 0 Å². The molecule has 0 unspecified atom stereocenters. The van der Waals surface area contributed by atoms with E-state index in [1.165, 1.54) is 67.7 Å². The molecule has 0 spiro atoms. The molecular weight excluding hydrogens is 637 g/mol. The number of anilines is 1. The van der Waals surface area contributed by atoms with Gasteiger partial charge in [-0.15, -0.1) is 0 Å². The van der Waals surface area contributed by atoms with Crippen molar-refractivity contribution in [3.63, 3.8) is 0 Å². The average molecular weight is 671 g/mol. The van der Waals surface area contributed by atoms with Crippen molar-refractivity contribution in [1.29, 1.82) is 0 Å². The number of ether oxygens (including phenoxy) is 2. The number of hydrogen-bond donors (Lipinski definition) is 1. The first-order chi connectivity index (χ1) is 20.3. The van der Waals surface area contributed by atoms with E-state index in [0.717, 1.165) is 4.31 Å². The fourth-order valence-electron chi connectivity index (χ4n) is 4.12. The van der Waals surface area contributed by atoms with Crippen LogP contribution >= 0.6 is 34.8 Å². The van der Waals surface area contributed by atoms with Crippen molar-refractivity contribution >= 4 is 62.3 Å². The highest BCUT2D eigenvalue weighted by Gasteiger charge is 2.33. The summed E-state index contributed by atoms with van der Waals surface area (Å²) in [6.07, 6.45) is 0.684. The summed E-state index contributed by atoms with van der Waals surface area (Å²) >= 11 is 18.6. The predicted molar refractivity (Wildman–Crippen MR) is 170 cm³/mol. The molecule has 0 aliphatic carbocycles. The molecule has 3 rings (SSSR count). The maximum atomic E-state index is 14.1. The number of nitrogens with zero attached hydrogens (tertiary/aromatic N) is 2. The molecule has 0 aliphatic heterocycles. The quantitative estimate of drug-likeness (QED) is 0.233. The van der Waals surface area contributed by atoms with E-state index < -0.39 is 34.4 Å². The number of hydrogen-bond acceptors (Lipinski definition) is 6. The van der Waals surface area contributed by atoms with E-state index in [0.29, 0.717) is 32.8 Å². The second-order valence-corrected chi connectivity index (χ2v) is 12.9. The van der Waals surface area contributed by atoms with Crippen LogP contribution < -0.4 is 19.1 Å². The molecule has 0 bridgehead atoms. The first kappa shape index (κ1) is 34.3. The van der Waals surface area contributed by atoms with Crippen LogP contribution in [0.2, 0.25) is 15.1 Å². The van der Waals surface area contributed by atoms with Gasteiger partial charge in [0.2, 0.25) is 11.8 Å². The van der Waals surface area contributed by atoms with Crippen molar-refractivity contribution in [3.05, 3.63) is 81.3 Å². The van der Waals surface area contributed by atoms with Crippen molar-refractivity contribution in [3.8, 4) is 11.5 Å². The van der Waals surface area contributed by atoms with Crippen LogP contribution in [0.1, 0.15) is 32.8 Å². The molecule has 2 amide bonds. The second-order valence-electron chi connectivity index (χ2n) is 9.76. The minimum atomic E-state index is -4.35. The molecule has 43 heavy (non-hydrogen) atoms. The monoisotopic (exact) mass is 669 g/mol. The third-order valence-electron chi connectivity index (χ3n) is 6.86. The van der Waals surface area contributed by atoms with Gasteiger partial charge < -0.3 is 19.7 Å². The first-order valence-corrected chi connectivity index (χ1v) is 15.9. The van der Waals surface area contributed by atoms with E-state index in [2.05, 4.69) is 5.32 Å². The molecule has 3 aromatic rings. The average Bonchev–Trinajstić information content (AvgIpc) is 2.98. The summed E-state index contributed by atoms with van der Waals surface area (Å²) in [5, 5.41) is 3.97. The van der Waals surface area contributed by atoms with Gasteiger partial charge in [-0.2, -0.15) is 0 Å².